The molecule has 4 fully saturated rings. The van der Waals surface area contributed by atoms with Crippen molar-refractivity contribution in [2.45, 2.75) is 410 Å². The number of thiazole rings is 1. The van der Waals surface area contributed by atoms with E-state index >= 15 is 0 Å². The van der Waals surface area contributed by atoms with Crippen LogP contribution in [0.15, 0.2) is 93.4 Å². The van der Waals surface area contributed by atoms with Crippen LogP contribution in [-0.2, 0) is 11.0 Å². The zero-order valence-corrected chi connectivity index (χ0v) is 87.7. The summed E-state index contributed by atoms with van der Waals surface area (Å²) in [4.78, 5) is 62.6. The normalized spacial score (nSPS) is 13.9. The van der Waals surface area contributed by atoms with Gasteiger partial charge in [-0.15, -0.1) is 11.3 Å². The third-order valence-corrected chi connectivity index (χ3v) is 24.2. The topological polar surface area (TPSA) is 482 Å². The smallest absolute Gasteiger partial charge is 0.286 e. The highest BCUT2D eigenvalue weighted by atomic mass is 32.1. The van der Waals surface area contributed by atoms with E-state index in [-0.39, 0.29) is 17.2 Å². The summed E-state index contributed by atoms with van der Waals surface area (Å²) in [5, 5.41) is 62.9. The van der Waals surface area contributed by atoms with E-state index in [0.717, 1.165) is 75.4 Å². The largest absolute Gasteiger partial charge is 0.435 e. The Kier molecular flexibility index (Phi) is 45.8. The number of oxazole rings is 1. The number of H-pyrrole nitrogens is 9. The summed E-state index contributed by atoms with van der Waals surface area (Å²) in [5.74, 6) is 9.81. The van der Waals surface area contributed by atoms with Gasteiger partial charge in [0.15, 0.2) is 5.89 Å². The molecule has 0 unspecified atom stereocenters. The highest BCUT2D eigenvalue weighted by molar-refractivity contribution is 7.13. The Hall–Kier alpha value is -10.9. The van der Waals surface area contributed by atoms with E-state index in [4.69, 9.17) is 26.1 Å². The molecule has 16 N–H and O–H groups in total. The molecule has 0 spiro atoms. The van der Waals surface area contributed by atoms with Crippen LogP contribution in [0.2, 0.25) is 0 Å². The van der Waals surface area contributed by atoms with E-state index < -0.39 is 23.3 Å². The average molecular weight is 1870 g/mol. The van der Waals surface area contributed by atoms with Gasteiger partial charge < -0.3 is 45.9 Å². The summed E-state index contributed by atoms with van der Waals surface area (Å²) < 4.78 is 12.3. The zero-order valence-electron chi connectivity index (χ0n) is 86.9. The summed E-state index contributed by atoms with van der Waals surface area (Å²) in [7, 11) is 0. The van der Waals surface area contributed by atoms with Crippen LogP contribution < -0.4 is 22.8 Å². The average Bonchev–Trinajstić information content (AvgIpc) is 1.63. The van der Waals surface area contributed by atoms with Crippen LogP contribution in [0, 0.1) is 0 Å². The third kappa shape index (κ3) is 38.5. The first-order valence-electron chi connectivity index (χ1n) is 48.4. The van der Waals surface area contributed by atoms with Crippen molar-refractivity contribution in [1.29, 1.82) is 0 Å². The summed E-state index contributed by atoms with van der Waals surface area (Å²) in [5.41, 5.74) is 32.4. The second kappa shape index (κ2) is 54.0. The van der Waals surface area contributed by atoms with Gasteiger partial charge in [0.25, 0.3) is 23.3 Å². The fourth-order valence-corrected chi connectivity index (χ4v) is 13.2. The van der Waals surface area contributed by atoms with Crippen molar-refractivity contribution in [1.82, 2.24) is 106 Å². The van der Waals surface area contributed by atoms with Crippen molar-refractivity contribution in [3.8, 4) is 0 Å². The summed E-state index contributed by atoms with van der Waals surface area (Å²) in [6.07, 6.45) is 21.3. The summed E-state index contributed by atoms with van der Waals surface area (Å²) >= 11 is 1.36. The van der Waals surface area contributed by atoms with Gasteiger partial charge in [0.05, 0.1) is 63.6 Å². The van der Waals surface area contributed by atoms with E-state index in [1.54, 1.807) is 12.1 Å². The molecule has 134 heavy (non-hydrogen) atoms. The fourth-order valence-electron chi connectivity index (χ4n) is 12.4. The summed E-state index contributed by atoms with van der Waals surface area (Å²) in [6, 6.07) is 16.6. The maximum atomic E-state index is 10.6. The van der Waals surface area contributed by atoms with Crippen LogP contribution in [0.3, 0.4) is 0 Å². The number of primary amides is 3. The molecule has 0 saturated heterocycles. The Morgan fingerprint density at radius 2 is 0.896 bits per heavy atom. The number of carbonyl (C=O) groups excluding carboxylic acids is 3. The molecule has 32 heteroatoms. The zero-order chi connectivity index (χ0) is 101. The van der Waals surface area contributed by atoms with E-state index in [1.165, 1.54) is 126 Å². The number of nitrogens with zero attached hydrogens (tertiary/aromatic N) is 12. The van der Waals surface area contributed by atoms with Gasteiger partial charge in [0, 0.05) is 117 Å². The van der Waals surface area contributed by atoms with Gasteiger partial charge in [0.2, 0.25) is 5.76 Å². The monoisotopic (exact) mass is 1870 g/mol. The predicted octanol–water partition coefficient (Wildman–Crippen LogP) is 24.2. The van der Waals surface area contributed by atoms with Crippen molar-refractivity contribution in [3.05, 3.63) is 214 Å². The highest BCUT2D eigenvalue weighted by Gasteiger charge is 2.44. The van der Waals surface area contributed by atoms with Gasteiger partial charge in [-0.3, -0.25) is 54.9 Å². The molecule has 4 aliphatic rings. The Bertz CT molecular complexity index is 4780. The van der Waals surface area contributed by atoms with Crippen molar-refractivity contribution in [2.75, 3.05) is 0 Å². The molecule has 0 bridgehead atoms. The maximum absolute atomic E-state index is 10.6. The van der Waals surface area contributed by atoms with Crippen LogP contribution in [0.1, 0.15) is 538 Å². The lowest BCUT2D eigenvalue weighted by molar-refractivity contribution is 0.0968. The van der Waals surface area contributed by atoms with E-state index in [9.17, 15) is 24.3 Å². The SMILES string of the molecule is CC(C)c1cc(=O)[nH][nH]1.CC(C)c1cc(C(C)C)[nH]n1.CC(C)c1cc(C(C)C)on1.CC(C)c1cc(C(N)=O)n[nH]1.CC(C)c1cc(C2(C)CC2)n[nH]1.CC(C)c1cc(C2(O)CC2)n[nH]1.CC(C)c1cc(C2CC2)[nH]n1.CC(C)c1cc(C2CCCC2)[nH]n1.CC(C)c1cn(C(C)C)cn1.CC(C)c1cnc(C(C)C)[nH]1.CC(C)c1ncc(C(N)=O)o1.CC(C)c1ncc(C(N)=O)s1. The van der Waals surface area contributed by atoms with E-state index in [0.29, 0.717) is 111 Å². The van der Waals surface area contributed by atoms with Crippen LogP contribution in [0.4, 0.5) is 0 Å². The number of amides is 3. The summed E-state index contributed by atoms with van der Waals surface area (Å²) in [6.45, 7) is 69.9. The molecule has 0 radical (unpaired) electrons. The van der Waals surface area contributed by atoms with E-state index in [2.05, 4.69) is 310 Å². The van der Waals surface area contributed by atoms with Crippen LogP contribution >= 0.6 is 11.3 Å². The number of rotatable bonds is 23. The lowest BCUT2D eigenvalue weighted by Crippen LogP contribution is -2.11. The molecule has 0 atom stereocenters. The van der Waals surface area contributed by atoms with E-state index in [1.807, 2.05) is 80.0 Å². The number of aliphatic hydroxyl groups is 1. The molecule has 12 heterocycles. The van der Waals surface area contributed by atoms with Crippen molar-refractivity contribution in [2.24, 2.45) is 17.2 Å². The lowest BCUT2D eigenvalue weighted by atomic mass is 10.0. The molecule has 4 saturated carbocycles. The second-order valence-corrected chi connectivity index (χ2v) is 41.8. The molecular formula is C102H166N24O7S. The Morgan fingerprint density at radius 3 is 1.19 bits per heavy atom. The number of hydrogen-bond acceptors (Lipinski definition) is 19. The number of aromatic amines is 9. The number of imidazole rings is 2. The molecule has 3 amide bonds. The first-order chi connectivity index (χ1) is 62.7. The quantitative estimate of drug-likeness (QED) is 0.0283. The Labute approximate surface area is 800 Å². The number of carbonyl (C=O) groups is 3. The van der Waals surface area contributed by atoms with Crippen LogP contribution in [-0.4, -0.2) is 129 Å². The molecular weight excluding hydrogens is 1710 g/mol. The van der Waals surface area contributed by atoms with Gasteiger partial charge in [-0.1, -0.05) is 233 Å². The number of nitrogens with one attached hydrogen (secondary N) is 9. The van der Waals surface area contributed by atoms with Gasteiger partial charge in [0.1, 0.15) is 27.8 Å². The van der Waals surface area contributed by atoms with Crippen LogP contribution in [0.25, 0.3) is 0 Å². The Morgan fingerprint density at radius 1 is 0.425 bits per heavy atom. The third-order valence-electron chi connectivity index (χ3n) is 22.9. The molecule has 12 aromatic rings. The molecule has 4 aliphatic carbocycles. The first kappa shape index (κ1) is 114. The second-order valence-electron chi connectivity index (χ2n) is 40.7. The first-order valence-corrected chi connectivity index (χ1v) is 49.2. The highest BCUT2D eigenvalue weighted by Crippen LogP contribution is 2.47. The van der Waals surface area contributed by atoms with Crippen molar-refractivity contribution < 1.29 is 28.4 Å². The van der Waals surface area contributed by atoms with Gasteiger partial charge >= 0.3 is 0 Å². The van der Waals surface area contributed by atoms with Crippen LogP contribution in [0.5, 0.6) is 0 Å². The minimum atomic E-state index is -0.594. The maximum Gasteiger partial charge on any atom is 0.286 e. The number of hydrogen-bond donors (Lipinski definition) is 13. The van der Waals surface area contributed by atoms with Crippen molar-refractivity contribution >= 4 is 29.1 Å². The Balaban J connectivity index is 0.000000259. The van der Waals surface area contributed by atoms with Gasteiger partial charge in [-0.25, -0.2) is 19.9 Å². The molecule has 31 nitrogen and oxygen atoms in total. The van der Waals surface area contributed by atoms with Gasteiger partial charge in [-0.05, 0) is 167 Å². The fraction of sp³-hybridized carbons (Fsp3) is 0.618. The predicted molar refractivity (Wildman–Crippen MR) is 539 cm³/mol. The minimum Gasteiger partial charge on any atom is -0.435 e. The standard InChI is InChI=1S/C11H18N2.C10H16N2.C9H14N2O.C9H14N2.3C9H16N2.C9H15NO.C7H11N3O.C7H10N2O2.C7H10N2OS.C6H10N2O/c1-8(2)10-7-11(13-12-10)9-5-3-4-6-9;1-7(2)8-6-9(12-11-8)10(3)4-5-10;1-6(2)7-5-8(11-10-7)9(12)3-4-9;1-6(2)8-5-9(11-10-8)7-3-4-7;1-7(2)9-5-11(6-10-9)8(3)4;1-6(2)8-5-10-9(11-8)7(3)4;2*1-6(2)8-5-9(7(3)4)11-10-8;1-4(2)5-3-6(7(8)11)10-9-5;2*1-4(2)7-9-3-5(11-7)6(8)10;1-4(2)5-3-6(9)8-7-5/h7-9H,3-6H2,1-2H3,(H,12,13);6-7H,4-5H2,1-3H3,(H,11,12);5-6,12H,3-4H2,1-2H3,(H,10,11);5-7H,3-4H2,1-2H3,(H,10,11);5-8H,1-4H3;2*5-7H,1-4H3,(H,10,11);5-7H,1-4H3;3-4H,1-2H3,(H2,8,11)(H,9,10);2*3-4H,1-2H3,(H2,8,10);3-4H,1-2H3,(H2,7,8,9). The minimum absolute atomic E-state index is 0.0568. The molecule has 12 aromatic heterocycles. The molecule has 0 aliphatic heterocycles. The molecule has 16 rings (SSSR count). The van der Waals surface area contributed by atoms with Crippen molar-refractivity contribution in [3.63, 3.8) is 0 Å². The lowest BCUT2D eigenvalue weighted by Gasteiger charge is -2.04. The molecule has 0 aromatic carbocycles. The molecule has 742 valence electrons. The number of nitrogens with two attached hydrogens (primary N) is 3. The van der Waals surface area contributed by atoms with Gasteiger partial charge in [-0.2, -0.15) is 30.6 Å². The number of aromatic nitrogens is 21.